The highest BCUT2D eigenvalue weighted by molar-refractivity contribution is 5.95. The van der Waals surface area contributed by atoms with Gasteiger partial charge in [0.15, 0.2) is 12.3 Å². The lowest BCUT2D eigenvalue weighted by atomic mass is 9.95. The van der Waals surface area contributed by atoms with Gasteiger partial charge >= 0.3 is 6.09 Å². The van der Waals surface area contributed by atoms with E-state index in [9.17, 15) is 29.4 Å². The van der Waals surface area contributed by atoms with Gasteiger partial charge in [0, 0.05) is 19.4 Å². The lowest BCUT2D eigenvalue weighted by molar-refractivity contribution is -0.262. The van der Waals surface area contributed by atoms with Crippen molar-refractivity contribution in [2.45, 2.75) is 44.1 Å². The number of rotatable bonds is 8. The van der Waals surface area contributed by atoms with Crippen molar-refractivity contribution in [1.82, 2.24) is 20.2 Å². The number of nitrogens with zero attached hydrogens (tertiary/aromatic N) is 3. The molecule has 2 unspecified atom stereocenters. The zero-order valence-corrected chi connectivity index (χ0v) is 20.4. The van der Waals surface area contributed by atoms with E-state index < -0.39 is 48.2 Å². The van der Waals surface area contributed by atoms with E-state index in [-0.39, 0.29) is 32.5 Å². The minimum absolute atomic E-state index is 0.00445. The van der Waals surface area contributed by atoms with Crippen LogP contribution in [-0.4, -0.2) is 92.9 Å². The Morgan fingerprint density at radius 3 is 2.24 bits per heavy atom. The van der Waals surface area contributed by atoms with Crippen LogP contribution in [0.4, 0.5) is 4.79 Å². The van der Waals surface area contributed by atoms with E-state index in [0.29, 0.717) is 5.06 Å². The summed E-state index contributed by atoms with van der Waals surface area (Å²) in [5.41, 5.74) is 1.57. The SMILES string of the molecule is C[C@H]1ON(C(=O)O)C2CN(C(Cc3ccccc3)C(=O)NCCO)C(=O)[C@H](Cc3ccccc3)N2C1=O. The monoisotopic (exact) mass is 510 g/mol. The number of carbonyl (C=O) groups excluding carboxylic acids is 3. The zero-order chi connectivity index (χ0) is 26.5. The van der Waals surface area contributed by atoms with E-state index in [4.69, 9.17) is 4.84 Å². The summed E-state index contributed by atoms with van der Waals surface area (Å²) in [6, 6.07) is 16.2. The minimum Gasteiger partial charge on any atom is -0.463 e. The zero-order valence-electron chi connectivity index (χ0n) is 20.4. The van der Waals surface area contributed by atoms with Gasteiger partial charge in [-0.1, -0.05) is 60.7 Å². The quantitative estimate of drug-likeness (QED) is 0.473. The Bertz CT molecular complexity index is 1130. The number of aliphatic hydroxyl groups excluding tert-OH is 1. The highest BCUT2D eigenvalue weighted by atomic mass is 16.7. The molecule has 2 aliphatic heterocycles. The fourth-order valence-electron chi connectivity index (χ4n) is 4.81. The number of hydrogen-bond donors (Lipinski definition) is 3. The van der Waals surface area contributed by atoms with Crippen LogP contribution < -0.4 is 5.32 Å². The number of carboxylic acid groups (broad SMARTS) is 1. The van der Waals surface area contributed by atoms with Crippen LogP contribution in [0, 0.1) is 0 Å². The molecule has 2 heterocycles. The second-order valence-corrected chi connectivity index (χ2v) is 9.00. The first kappa shape index (κ1) is 26.1. The fourth-order valence-corrected chi connectivity index (χ4v) is 4.81. The molecule has 11 heteroatoms. The van der Waals surface area contributed by atoms with Gasteiger partial charge in [0.25, 0.3) is 5.91 Å². The van der Waals surface area contributed by atoms with Crippen LogP contribution in [0.3, 0.4) is 0 Å². The molecule has 0 aromatic heterocycles. The van der Waals surface area contributed by atoms with Crippen LogP contribution >= 0.6 is 0 Å². The van der Waals surface area contributed by atoms with Gasteiger partial charge < -0.3 is 25.3 Å². The van der Waals surface area contributed by atoms with Crippen LogP contribution in [-0.2, 0) is 32.1 Å². The third kappa shape index (κ3) is 5.57. The van der Waals surface area contributed by atoms with Crippen molar-refractivity contribution in [2.24, 2.45) is 0 Å². The largest absolute Gasteiger partial charge is 0.463 e. The Hall–Kier alpha value is -3.96. The van der Waals surface area contributed by atoms with Gasteiger partial charge in [-0.15, -0.1) is 0 Å². The van der Waals surface area contributed by atoms with E-state index in [1.165, 1.54) is 16.7 Å². The molecule has 196 valence electrons. The number of hydroxylamine groups is 2. The predicted octanol–water partition coefficient (Wildman–Crippen LogP) is 0.628. The van der Waals surface area contributed by atoms with Crippen LogP contribution in [0.15, 0.2) is 60.7 Å². The second kappa shape index (κ2) is 11.4. The summed E-state index contributed by atoms with van der Waals surface area (Å²) >= 11 is 0. The van der Waals surface area contributed by atoms with E-state index >= 15 is 0 Å². The molecule has 0 radical (unpaired) electrons. The lowest BCUT2D eigenvalue weighted by Gasteiger charge is -2.53. The Balaban J connectivity index is 1.75. The molecule has 4 atom stereocenters. The fraction of sp³-hybridized carbons (Fsp3) is 0.385. The number of amides is 4. The molecule has 0 bridgehead atoms. The Morgan fingerprint density at radius 2 is 1.65 bits per heavy atom. The number of carbonyl (C=O) groups is 4. The highest BCUT2D eigenvalue weighted by Crippen LogP contribution is 2.30. The third-order valence-electron chi connectivity index (χ3n) is 6.55. The van der Waals surface area contributed by atoms with E-state index in [0.717, 1.165) is 11.1 Å². The molecule has 4 rings (SSSR count). The van der Waals surface area contributed by atoms with Gasteiger partial charge in [-0.3, -0.25) is 19.2 Å². The van der Waals surface area contributed by atoms with Crippen LogP contribution in [0.2, 0.25) is 0 Å². The van der Waals surface area contributed by atoms with Crippen LogP contribution in [0.5, 0.6) is 0 Å². The van der Waals surface area contributed by atoms with E-state index in [2.05, 4.69) is 5.32 Å². The molecule has 0 saturated carbocycles. The van der Waals surface area contributed by atoms with E-state index in [1.807, 2.05) is 60.7 Å². The smallest absolute Gasteiger partial charge is 0.433 e. The molecular weight excluding hydrogens is 480 g/mol. The second-order valence-electron chi connectivity index (χ2n) is 9.00. The molecule has 2 fully saturated rings. The van der Waals surface area contributed by atoms with Crippen molar-refractivity contribution >= 4 is 23.8 Å². The summed E-state index contributed by atoms with van der Waals surface area (Å²) in [6.45, 7) is 0.901. The summed E-state index contributed by atoms with van der Waals surface area (Å²) in [7, 11) is 0. The predicted molar refractivity (Wildman–Crippen MR) is 131 cm³/mol. The van der Waals surface area contributed by atoms with Crippen molar-refractivity contribution in [3.63, 3.8) is 0 Å². The molecule has 4 amide bonds. The van der Waals surface area contributed by atoms with Crippen molar-refractivity contribution in [3.05, 3.63) is 71.8 Å². The summed E-state index contributed by atoms with van der Waals surface area (Å²) < 4.78 is 0. The van der Waals surface area contributed by atoms with Gasteiger partial charge in [-0.05, 0) is 18.1 Å². The summed E-state index contributed by atoms with van der Waals surface area (Å²) in [6.07, 6.45) is -3.36. The maximum Gasteiger partial charge on any atom is 0.433 e. The van der Waals surface area contributed by atoms with Crippen molar-refractivity contribution in [3.8, 4) is 0 Å². The van der Waals surface area contributed by atoms with Crippen LogP contribution in [0.25, 0.3) is 0 Å². The van der Waals surface area contributed by atoms with Gasteiger partial charge in [-0.25, -0.2) is 4.79 Å². The van der Waals surface area contributed by atoms with Gasteiger partial charge in [0.2, 0.25) is 11.8 Å². The topological polar surface area (TPSA) is 140 Å². The molecule has 2 saturated heterocycles. The standard InChI is InChI=1S/C26H30N4O7/c1-17-24(33)29-21(15-19-10-6-3-7-11-19)25(34)28(16-22(29)30(37-17)26(35)36)20(23(32)27-12-13-31)14-18-8-4-2-5-9-18/h2-11,17,20-22,31H,12-16H2,1H3,(H,27,32)(H,35,36)/t17-,20?,21+,22?/m1/s1. The van der Waals surface area contributed by atoms with Crippen molar-refractivity contribution in [2.75, 3.05) is 19.7 Å². The minimum atomic E-state index is -1.41. The Kier molecular flexibility index (Phi) is 8.04. The number of aliphatic hydroxyl groups is 1. The normalized spacial score (nSPS) is 22.4. The van der Waals surface area contributed by atoms with E-state index in [1.54, 1.807) is 0 Å². The third-order valence-corrected chi connectivity index (χ3v) is 6.55. The average molecular weight is 511 g/mol. The first-order valence-corrected chi connectivity index (χ1v) is 12.1. The Labute approximate surface area is 214 Å². The highest BCUT2D eigenvalue weighted by Gasteiger charge is 2.53. The van der Waals surface area contributed by atoms with Gasteiger partial charge in [-0.2, -0.15) is 5.06 Å². The maximum atomic E-state index is 14.0. The molecular formula is C26H30N4O7. The summed E-state index contributed by atoms with van der Waals surface area (Å²) in [4.78, 5) is 60.6. The van der Waals surface area contributed by atoms with Crippen LogP contribution in [0.1, 0.15) is 18.1 Å². The molecule has 2 aliphatic rings. The maximum absolute atomic E-state index is 14.0. The number of hydrogen-bond acceptors (Lipinski definition) is 6. The molecule has 37 heavy (non-hydrogen) atoms. The molecule has 0 aliphatic carbocycles. The summed E-state index contributed by atoms with van der Waals surface area (Å²) in [5.74, 6) is -1.45. The number of benzene rings is 2. The van der Waals surface area contributed by atoms with Gasteiger partial charge in [0.05, 0.1) is 13.2 Å². The molecule has 2 aromatic rings. The molecule has 11 nitrogen and oxygen atoms in total. The number of nitrogens with one attached hydrogen (secondary N) is 1. The molecule has 0 spiro atoms. The number of fused-ring (bicyclic) bond motifs is 1. The summed E-state index contributed by atoms with van der Waals surface area (Å²) in [5, 5.41) is 22.4. The van der Waals surface area contributed by atoms with Crippen molar-refractivity contribution in [1.29, 1.82) is 0 Å². The molecule has 2 aromatic carbocycles. The number of piperazine rings is 1. The first-order chi connectivity index (χ1) is 17.8. The van der Waals surface area contributed by atoms with Crippen molar-refractivity contribution < 1.29 is 34.2 Å². The lowest BCUT2D eigenvalue weighted by Crippen LogP contribution is -2.75. The first-order valence-electron chi connectivity index (χ1n) is 12.1. The van der Waals surface area contributed by atoms with Gasteiger partial charge in [0.1, 0.15) is 12.1 Å². The Morgan fingerprint density at radius 1 is 1.03 bits per heavy atom. The molecule has 3 N–H and O–H groups in total. The average Bonchev–Trinajstić information content (AvgIpc) is 2.90.